The van der Waals surface area contributed by atoms with E-state index in [0.717, 1.165) is 10.7 Å². The van der Waals surface area contributed by atoms with Gasteiger partial charge in [-0.3, -0.25) is 0 Å². The van der Waals surface area contributed by atoms with Crippen molar-refractivity contribution in [3.05, 3.63) is 0 Å². The van der Waals surface area contributed by atoms with E-state index in [-0.39, 0.29) is 0 Å². The van der Waals surface area contributed by atoms with Gasteiger partial charge in [-0.2, -0.15) is 0 Å². The van der Waals surface area contributed by atoms with Gasteiger partial charge in [-0.15, -0.1) is 0 Å². The largest absolute Gasteiger partial charge is 0.302 e. The van der Waals surface area contributed by atoms with E-state index in [1.54, 1.807) is 0 Å². The van der Waals surface area contributed by atoms with Gasteiger partial charge in [-0.1, -0.05) is 15.9 Å². The Balaban J connectivity index is 2.06. The molecule has 3 aliphatic heterocycles. The van der Waals surface area contributed by atoms with Crippen LogP contribution in [0.4, 0.5) is 0 Å². The number of nitrogens with zero attached hydrogens (tertiary/aromatic N) is 1. The molecule has 0 radical (unpaired) electrons. The zero-order valence-corrected chi connectivity index (χ0v) is 7.10. The summed E-state index contributed by atoms with van der Waals surface area (Å²) in [6.07, 6.45) is 2.85. The van der Waals surface area contributed by atoms with Crippen LogP contribution in [0.2, 0.25) is 0 Å². The molecule has 0 aromatic heterocycles. The first-order chi connectivity index (χ1) is 4.36. The lowest BCUT2D eigenvalue weighted by Gasteiger charge is -2.42. The molecule has 0 unspecified atom stereocenters. The minimum atomic E-state index is 0.806. The first kappa shape index (κ1) is 6.17. The van der Waals surface area contributed by atoms with E-state index in [4.69, 9.17) is 0 Å². The van der Waals surface area contributed by atoms with E-state index in [1.807, 2.05) is 0 Å². The summed E-state index contributed by atoms with van der Waals surface area (Å²) in [5, 5.41) is 0. The van der Waals surface area contributed by atoms with Crippen molar-refractivity contribution < 1.29 is 0 Å². The normalized spacial score (nSPS) is 49.7. The fraction of sp³-hybridized carbons (Fsp3) is 1.00. The second kappa shape index (κ2) is 2.24. The molecule has 3 heterocycles. The van der Waals surface area contributed by atoms with Crippen LogP contribution < -0.4 is 0 Å². The third-order valence-corrected chi connectivity index (χ3v) is 3.61. The molecule has 0 aliphatic carbocycles. The first-order valence-corrected chi connectivity index (χ1v) is 4.64. The quantitative estimate of drug-likeness (QED) is 0.523. The van der Waals surface area contributed by atoms with Crippen LogP contribution in [0.3, 0.4) is 0 Å². The molecule has 2 heteroatoms. The SMILES string of the molecule is Br[C@@H]1CN2CCC1CC2. The van der Waals surface area contributed by atoms with Crippen molar-refractivity contribution in [3.63, 3.8) is 0 Å². The topological polar surface area (TPSA) is 3.24 Å². The molecular formula is C7H12BrN. The van der Waals surface area contributed by atoms with Gasteiger partial charge in [0.2, 0.25) is 0 Å². The summed E-state index contributed by atoms with van der Waals surface area (Å²) < 4.78 is 0. The lowest BCUT2D eigenvalue weighted by molar-refractivity contribution is 0.120. The molecule has 0 aromatic rings. The lowest BCUT2D eigenvalue weighted by atomic mass is 9.88. The predicted octanol–water partition coefficient (Wildman–Crippen LogP) is 1.48. The summed E-state index contributed by atoms with van der Waals surface area (Å²) in [4.78, 5) is 3.36. The standard InChI is InChI=1S/C7H12BrN/c8-7-5-9-3-1-6(7)2-4-9/h6-7H,1-5H2/t7-/m1/s1. The fourth-order valence-electron chi connectivity index (χ4n) is 1.89. The molecule has 0 N–H and O–H groups in total. The van der Waals surface area contributed by atoms with Crippen molar-refractivity contribution in [2.45, 2.75) is 17.7 Å². The maximum Gasteiger partial charge on any atom is 0.0302 e. The number of hydrogen-bond donors (Lipinski definition) is 0. The number of fused-ring (bicyclic) bond motifs is 3. The van der Waals surface area contributed by atoms with E-state index in [0.29, 0.717) is 0 Å². The monoisotopic (exact) mass is 189 g/mol. The molecule has 3 saturated heterocycles. The van der Waals surface area contributed by atoms with Gasteiger partial charge in [0.05, 0.1) is 0 Å². The molecule has 3 aliphatic rings. The fourth-order valence-corrected chi connectivity index (χ4v) is 2.83. The molecule has 3 rings (SSSR count). The summed E-state index contributed by atoms with van der Waals surface area (Å²) in [7, 11) is 0. The van der Waals surface area contributed by atoms with Crippen LogP contribution in [0, 0.1) is 5.92 Å². The number of piperidine rings is 3. The molecule has 0 aromatic carbocycles. The zero-order chi connectivity index (χ0) is 6.27. The maximum absolute atomic E-state index is 3.70. The van der Waals surface area contributed by atoms with Gasteiger partial charge in [0.1, 0.15) is 0 Å². The van der Waals surface area contributed by atoms with Crippen LogP contribution in [0.5, 0.6) is 0 Å². The number of hydrogen-bond acceptors (Lipinski definition) is 1. The Morgan fingerprint density at radius 3 is 2.11 bits per heavy atom. The van der Waals surface area contributed by atoms with Crippen molar-refractivity contribution >= 4 is 15.9 Å². The number of alkyl halides is 1. The molecule has 3 fully saturated rings. The summed E-state index contributed by atoms with van der Waals surface area (Å²) in [5.41, 5.74) is 0. The second-order valence-corrected chi connectivity index (χ2v) is 4.33. The van der Waals surface area contributed by atoms with Crippen molar-refractivity contribution in [1.82, 2.24) is 4.90 Å². The Bertz CT molecular complexity index is 107. The van der Waals surface area contributed by atoms with Gasteiger partial charge in [0, 0.05) is 11.4 Å². The van der Waals surface area contributed by atoms with E-state index in [2.05, 4.69) is 20.8 Å². The highest BCUT2D eigenvalue weighted by Gasteiger charge is 2.31. The molecule has 1 atom stereocenters. The summed E-state index contributed by atoms with van der Waals surface area (Å²) in [6, 6.07) is 0. The summed E-state index contributed by atoms with van der Waals surface area (Å²) in [5.74, 6) is 0.995. The van der Waals surface area contributed by atoms with Crippen molar-refractivity contribution in [3.8, 4) is 0 Å². The van der Waals surface area contributed by atoms with E-state index >= 15 is 0 Å². The van der Waals surface area contributed by atoms with Crippen LogP contribution in [-0.2, 0) is 0 Å². The third-order valence-electron chi connectivity index (χ3n) is 2.58. The predicted molar refractivity (Wildman–Crippen MR) is 41.9 cm³/mol. The van der Waals surface area contributed by atoms with Crippen LogP contribution in [0.15, 0.2) is 0 Å². The van der Waals surface area contributed by atoms with E-state index in [1.165, 1.54) is 32.5 Å². The third kappa shape index (κ3) is 1.03. The molecule has 2 bridgehead atoms. The maximum atomic E-state index is 3.70. The van der Waals surface area contributed by atoms with Gasteiger partial charge in [0.15, 0.2) is 0 Å². The highest BCUT2D eigenvalue weighted by atomic mass is 79.9. The molecule has 0 amide bonds. The van der Waals surface area contributed by atoms with Crippen molar-refractivity contribution in [2.24, 2.45) is 5.92 Å². The van der Waals surface area contributed by atoms with E-state index < -0.39 is 0 Å². The first-order valence-electron chi connectivity index (χ1n) is 3.72. The van der Waals surface area contributed by atoms with Crippen LogP contribution in [-0.4, -0.2) is 29.4 Å². The smallest absolute Gasteiger partial charge is 0.0302 e. The van der Waals surface area contributed by atoms with Gasteiger partial charge < -0.3 is 4.90 Å². The van der Waals surface area contributed by atoms with Crippen molar-refractivity contribution in [2.75, 3.05) is 19.6 Å². The molecular weight excluding hydrogens is 178 g/mol. The highest BCUT2D eigenvalue weighted by Crippen LogP contribution is 2.31. The summed E-state index contributed by atoms with van der Waals surface area (Å²) in [6.45, 7) is 4.00. The average Bonchev–Trinajstić information content (AvgIpc) is 1.90. The van der Waals surface area contributed by atoms with Gasteiger partial charge in [-0.05, 0) is 31.8 Å². The van der Waals surface area contributed by atoms with Gasteiger partial charge in [-0.25, -0.2) is 0 Å². The number of rotatable bonds is 0. The Morgan fingerprint density at radius 1 is 1.22 bits per heavy atom. The van der Waals surface area contributed by atoms with Crippen LogP contribution in [0.1, 0.15) is 12.8 Å². The molecule has 1 nitrogen and oxygen atoms in total. The Morgan fingerprint density at radius 2 is 1.89 bits per heavy atom. The molecule has 0 saturated carbocycles. The molecule has 0 spiro atoms. The minimum absolute atomic E-state index is 0.806. The highest BCUT2D eigenvalue weighted by molar-refractivity contribution is 9.09. The van der Waals surface area contributed by atoms with Crippen LogP contribution >= 0.6 is 15.9 Å². The van der Waals surface area contributed by atoms with Gasteiger partial charge in [0.25, 0.3) is 0 Å². The minimum Gasteiger partial charge on any atom is -0.302 e. The Kier molecular flexibility index (Phi) is 1.54. The van der Waals surface area contributed by atoms with Crippen LogP contribution in [0.25, 0.3) is 0 Å². The molecule has 52 valence electrons. The van der Waals surface area contributed by atoms with Gasteiger partial charge >= 0.3 is 0 Å². The Hall–Kier alpha value is 0.440. The Labute approximate surface area is 64.5 Å². The lowest BCUT2D eigenvalue weighted by Crippen LogP contribution is -2.47. The zero-order valence-electron chi connectivity index (χ0n) is 5.52. The molecule has 9 heavy (non-hydrogen) atoms. The number of halogens is 1. The summed E-state index contributed by atoms with van der Waals surface area (Å²) >= 11 is 3.70. The van der Waals surface area contributed by atoms with E-state index in [9.17, 15) is 0 Å². The van der Waals surface area contributed by atoms with Crippen molar-refractivity contribution in [1.29, 1.82) is 0 Å². The second-order valence-electron chi connectivity index (χ2n) is 3.15. The average molecular weight is 190 g/mol.